The van der Waals surface area contributed by atoms with Crippen LogP contribution in [0.25, 0.3) is 0 Å². The Labute approximate surface area is 105 Å². The van der Waals surface area contributed by atoms with Gasteiger partial charge in [0.05, 0.1) is 18.9 Å². The van der Waals surface area contributed by atoms with Crippen LogP contribution in [0.2, 0.25) is 0 Å². The largest absolute Gasteiger partial charge is 0.508 e. The van der Waals surface area contributed by atoms with Crippen molar-refractivity contribution in [1.29, 1.82) is 0 Å². The van der Waals surface area contributed by atoms with Gasteiger partial charge in [-0.05, 0) is 12.8 Å². The van der Waals surface area contributed by atoms with E-state index >= 15 is 0 Å². The molecule has 0 aliphatic carbocycles. The molecule has 0 rings (SSSR count). The minimum Gasteiger partial charge on any atom is -0.481 e. The Kier molecular flexibility index (Phi) is 7.50. The molecule has 0 saturated carbocycles. The number of hydrogen-bond acceptors (Lipinski definition) is 5. The molecule has 0 saturated heterocycles. The molecular weight excluding hydrogens is 244 g/mol. The van der Waals surface area contributed by atoms with E-state index in [0.717, 1.165) is 7.11 Å². The molecule has 104 valence electrons. The van der Waals surface area contributed by atoms with Crippen LogP contribution < -0.4 is 0 Å². The van der Waals surface area contributed by atoms with E-state index in [0.29, 0.717) is 12.8 Å². The lowest BCUT2D eigenvalue weighted by atomic mass is 9.98. The lowest BCUT2D eigenvalue weighted by Crippen LogP contribution is -2.22. The number of methoxy groups -OCH3 is 1. The summed E-state index contributed by atoms with van der Waals surface area (Å²) in [6.07, 6.45) is 0.149. The predicted octanol–water partition coefficient (Wildman–Crippen LogP) is 1.36. The first kappa shape index (κ1) is 16.2. The van der Waals surface area contributed by atoms with Crippen molar-refractivity contribution < 1.29 is 34.1 Å². The molecule has 0 amide bonds. The molecule has 0 aromatic heterocycles. The Balaban J connectivity index is 4.01. The number of carbonyl (C=O) groups excluding carboxylic acids is 1. The fraction of sp³-hybridized carbons (Fsp3) is 0.727. The van der Waals surface area contributed by atoms with Gasteiger partial charge in [0.15, 0.2) is 0 Å². The average molecular weight is 262 g/mol. The lowest BCUT2D eigenvalue weighted by Gasteiger charge is -2.12. The standard InChI is InChI=1S/C11H18O7/c1-7(9(12)13)4-3-5-8(10(14)15)6-18-11(16)17-2/h7-8H,3-6H2,1-2H3,(H,12,13)(H,14,15). The number of hydrogen-bond donors (Lipinski definition) is 2. The topological polar surface area (TPSA) is 110 Å². The first-order valence-electron chi connectivity index (χ1n) is 5.54. The Hall–Kier alpha value is -1.79. The quantitative estimate of drug-likeness (QED) is 0.635. The van der Waals surface area contributed by atoms with Gasteiger partial charge in [0.2, 0.25) is 0 Å². The fourth-order valence-electron chi connectivity index (χ4n) is 1.30. The van der Waals surface area contributed by atoms with Crippen LogP contribution in [-0.2, 0) is 19.1 Å². The molecule has 2 unspecified atom stereocenters. The Morgan fingerprint density at radius 1 is 1.11 bits per heavy atom. The number of carboxylic acids is 2. The summed E-state index contributed by atoms with van der Waals surface area (Å²) in [5.74, 6) is -3.35. The number of carboxylic acid groups (broad SMARTS) is 2. The third kappa shape index (κ3) is 6.72. The summed E-state index contributed by atoms with van der Waals surface area (Å²) in [6, 6.07) is 0. The highest BCUT2D eigenvalue weighted by Crippen LogP contribution is 2.14. The van der Waals surface area contributed by atoms with Crippen LogP contribution in [0.3, 0.4) is 0 Å². The summed E-state index contributed by atoms with van der Waals surface area (Å²) < 4.78 is 8.78. The minimum atomic E-state index is -1.08. The van der Waals surface area contributed by atoms with E-state index in [1.807, 2.05) is 0 Å². The summed E-state index contributed by atoms with van der Waals surface area (Å²) in [7, 11) is 1.13. The summed E-state index contributed by atoms with van der Waals surface area (Å²) >= 11 is 0. The van der Waals surface area contributed by atoms with Crippen molar-refractivity contribution in [1.82, 2.24) is 0 Å². The smallest absolute Gasteiger partial charge is 0.481 e. The fourth-order valence-corrected chi connectivity index (χ4v) is 1.30. The highest BCUT2D eigenvalue weighted by molar-refractivity contribution is 5.71. The number of aliphatic carboxylic acids is 2. The Bertz CT molecular complexity index is 300. The molecule has 0 aromatic carbocycles. The average Bonchev–Trinajstić information content (AvgIpc) is 2.31. The molecule has 0 aliphatic heterocycles. The number of carbonyl (C=O) groups is 3. The maximum absolute atomic E-state index is 10.9. The molecule has 0 fully saturated rings. The van der Waals surface area contributed by atoms with Gasteiger partial charge in [-0.15, -0.1) is 0 Å². The molecule has 0 spiro atoms. The van der Waals surface area contributed by atoms with E-state index in [1.165, 1.54) is 0 Å². The van der Waals surface area contributed by atoms with E-state index in [9.17, 15) is 14.4 Å². The second kappa shape index (κ2) is 8.32. The Morgan fingerprint density at radius 2 is 1.72 bits per heavy atom. The number of rotatable bonds is 8. The minimum absolute atomic E-state index is 0.254. The van der Waals surface area contributed by atoms with Gasteiger partial charge < -0.3 is 19.7 Å². The van der Waals surface area contributed by atoms with Crippen molar-refractivity contribution in [3.05, 3.63) is 0 Å². The van der Waals surface area contributed by atoms with Gasteiger partial charge in [0.25, 0.3) is 0 Å². The van der Waals surface area contributed by atoms with Gasteiger partial charge in [0, 0.05) is 0 Å². The van der Waals surface area contributed by atoms with Crippen LogP contribution in [0, 0.1) is 11.8 Å². The van der Waals surface area contributed by atoms with Gasteiger partial charge in [-0.3, -0.25) is 9.59 Å². The predicted molar refractivity (Wildman–Crippen MR) is 60.1 cm³/mol. The zero-order valence-corrected chi connectivity index (χ0v) is 10.4. The van der Waals surface area contributed by atoms with Crippen LogP contribution in [0.4, 0.5) is 4.79 Å². The van der Waals surface area contributed by atoms with Gasteiger partial charge in [-0.1, -0.05) is 13.3 Å². The zero-order valence-electron chi connectivity index (χ0n) is 10.4. The first-order valence-corrected chi connectivity index (χ1v) is 5.54. The van der Waals surface area contributed by atoms with Crippen molar-refractivity contribution in [3.8, 4) is 0 Å². The molecule has 0 aromatic rings. The van der Waals surface area contributed by atoms with E-state index in [-0.39, 0.29) is 13.0 Å². The summed E-state index contributed by atoms with van der Waals surface area (Å²) in [5.41, 5.74) is 0. The molecule has 2 atom stereocenters. The molecule has 0 bridgehead atoms. The second-order valence-electron chi connectivity index (χ2n) is 3.97. The molecular formula is C11H18O7. The maximum atomic E-state index is 10.9. The lowest BCUT2D eigenvalue weighted by molar-refractivity contribution is -0.143. The van der Waals surface area contributed by atoms with E-state index in [4.69, 9.17) is 10.2 Å². The van der Waals surface area contributed by atoms with Crippen LogP contribution in [0.1, 0.15) is 26.2 Å². The van der Waals surface area contributed by atoms with Crippen molar-refractivity contribution in [2.24, 2.45) is 11.8 Å². The monoisotopic (exact) mass is 262 g/mol. The normalized spacial score (nSPS) is 13.4. The molecule has 7 heteroatoms. The van der Waals surface area contributed by atoms with Crippen molar-refractivity contribution in [2.45, 2.75) is 26.2 Å². The van der Waals surface area contributed by atoms with Gasteiger partial charge >= 0.3 is 18.1 Å². The highest BCUT2D eigenvalue weighted by atomic mass is 16.7. The van der Waals surface area contributed by atoms with Crippen molar-refractivity contribution in [2.75, 3.05) is 13.7 Å². The van der Waals surface area contributed by atoms with Crippen LogP contribution in [0.5, 0.6) is 0 Å². The van der Waals surface area contributed by atoms with E-state index in [1.54, 1.807) is 6.92 Å². The van der Waals surface area contributed by atoms with Crippen LogP contribution >= 0.6 is 0 Å². The van der Waals surface area contributed by atoms with E-state index in [2.05, 4.69) is 9.47 Å². The molecule has 18 heavy (non-hydrogen) atoms. The first-order chi connectivity index (χ1) is 8.38. The van der Waals surface area contributed by atoms with Crippen molar-refractivity contribution in [3.63, 3.8) is 0 Å². The molecule has 0 radical (unpaired) electrons. The highest BCUT2D eigenvalue weighted by Gasteiger charge is 2.20. The third-order valence-electron chi connectivity index (χ3n) is 2.53. The van der Waals surface area contributed by atoms with Crippen LogP contribution in [-0.4, -0.2) is 42.0 Å². The Morgan fingerprint density at radius 3 is 2.17 bits per heavy atom. The zero-order chi connectivity index (χ0) is 14.1. The van der Waals surface area contributed by atoms with Crippen LogP contribution in [0.15, 0.2) is 0 Å². The third-order valence-corrected chi connectivity index (χ3v) is 2.53. The molecule has 0 heterocycles. The van der Waals surface area contributed by atoms with Gasteiger partial charge in [-0.2, -0.15) is 0 Å². The summed E-state index contributed by atoms with van der Waals surface area (Å²) in [4.78, 5) is 32.1. The number of ether oxygens (including phenoxy) is 2. The maximum Gasteiger partial charge on any atom is 0.508 e. The second-order valence-corrected chi connectivity index (χ2v) is 3.97. The molecule has 2 N–H and O–H groups in total. The summed E-state index contributed by atoms with van der Waals surface area (Å²) in [5, 5.41) is 17.5. The molecule has 7 nitrogen and oxygen atoms in total. The van der Waals surface area contributed by atoms with Gasteiger partial charge in [0.1, 0.15) is 6.61 Å². The van der Waals surface area contributed by atoms with Crippen molar-refractivity contribution >= 4 is 18.1 Å². The van der Waals surface area contributed by atoms with Gasteiger partial charge in [-0.25, -0.2) is 4.79 Å². The van der Waals surface area contributed by atoms with E-state index < -0.39 is 29.9 Å². The molecule has 0 aliphatic rings. The SMILES string of the molecule is COC(=O)OCC(CCCC(C)C(=O)O)C(=O)O. The summed E-state index contributed by atoms with van der Waals surface area (Å²) in [6.45, 7) is 1.28.